The number of amides is 2. The molecule has 5 nitrogen and oxygen atoms in total. The molecule has 1 fully saturated rings. The normalized spacial score (nSPS) is 24.1. The monoisotopic (exact) mass is 157 g/mol. The van der Waals surface area contributed by atoms with Crippen LogP contribution < -0.4 is 16.0 Å². The molecule has 1 aliphatic heterocycles. The Morgan fingerprint density at radius 3 is 3.00 bits per heavy atom. The van der Waals surface area contributed by atoms with Gasteiger partial charge in [-0.05, 0) is 0 Å². The van der Waals surface area contributed by atoms with Gasteiger partial charge in [-0.2, -0.15) is 0 Å². The largest absolute Gasteiger partial charge is 0.324 e. The van der Waals surface area contributed by atoms with Gasteiger partial charge in [0.05, 0.1) is 0 Å². The van der Waals surface area contributed by atoms with Gasteiger partial charge in [0.1, 0.15) is 0 Å². The lowest BCUT2D eigenvalue weighted by Gasteiger charge is -2.24. The van der Waals surface area contributed by atoms with E-state index in [1.54, 1.807) is 0 Å². The van der Waals surface area contributed by atoms with Crippen LogP contribution in [0.1, 0.15) is 13.3 Å². The molecular weight excluding hydrogens is 146 g/mol. The highest BCUT2D eigenvalue weighted by atomic mass is 16.2. The smallest absolute Gasteiger partial charge is 0.223 e. The Labute approximate surface area is 64.5 Å². The van der Waals surface area contributed by atoms with Crippen LogP contribution in [0.3, 0.4) is 0 Å². The van der Waals surface area contributed by atoms with Gasteiger partial charge in [0.25, 0.3) is 0 Å². The molecule has 1 heterocycles. The zero-order valence-corrected chi connectivity index (χ0v) is 6.31. The predicted molar refractivity (Wildman–Crippen MR) is 38.4 cm³/mol. The predicted octanol–water partition coefficient (Wildman–Crippen LogP) is -1.48. The molecule has 3 N–H and O–H groups in total. The Hall–Kier alpha value is -1.10. The lowest BCUT2D eigenvalue weighted by molar-refractivity contribution is -0.125. The fourth-order valence-electron chi connectivity index (χ4n) is 0.905. The first kappa shape index (κ1) is 8.00. The number of hydrogen-bond acceptors (Lipinski definition) is 3. The summed E-state index contributed by atoms with van der Waals surface area (Å²) < 4.78 is 0. The topological polar surface area (TPSA) is 70.2 Å². The van der Waals surface area contributed by atoms with Gasteiger partial charge in [0, 0.05) is 19.9 Å². The number of rotatable bonds is 1. The van der Waals surface area contributed by atoms with Crippen molar-refractivity contribution in [3.05, 3.63) is 0 Å². The second-order valence-electron chi connectivity index (χ2n) is 2.41. The summed E-state index contributed by atoms with van der Waals surface area (Å²) >= 11 is 0. The summed E-state index contributed by atoms with van der Waals surface area (Å²) in [5.41, 5.74) is 0. The average Bonchev–Trinajstić information content (AvgIpc) is 1.85. The molecule has 0 spiro atoms. The Kier molecular flexibility index (Phi) is 2.43. The summed E-state index contributed by atoms with van der Waals surface area (Å²) in [6.45, 7) is 2.01. The van der Waals surface area contributed by atoms with Crippen LogP contribution in [0.4, 0.5) is 0 Å². The summed E-state index contributed by atoms with van der Waals surface area (Å²) in [7, 11) is 0. The fraction of sp³-hybridized carbons (Fsp3) is 0.667. The SMILES string of the molecule is CC(=O)NC1NCCC(=O)N1. The third-order valence-corrected chi connectivity index (χ3v) is 1.35. The minimum Gasteiger partial charge on any atom is -0.324 e. The van der Waals surface area contributed by atoms with Gasteiger partial charge in [0.2, 0.25) is 11.8 Å². The molecule has 0 bridgehead atoms. The van der Waals surface area contributed by atoms with Crippen molar-refractivity contribution in [3.63, 3.8) is 0 Å². The first-order chi connectivity index (χ1) is 5.18. The van der Waals surface area contributed by atoms with Gasteiger partial charge in [0.15, 0.2) is 6.29 Å². The molecule has 0 radical (unpaired) electrons. The molecule has 1 atom stereocenters. The van der Waals surface area contributed by atoms with Crippen molar-refractivity contribution >= 4 is 11.8 Å². The van der Waals surface area contributed by atoms with Crippen molar-refractivity contribution < 1.29 is 9.59 Å². The van der Waals surface area contributed by atoms with E-state index in [1.807, 2.05) is 0 Å². The molecule has 0 aromatic heterocycles. The molecule has 0 saturated carbocycles. The van der Waals surface area contributed by atoms with Crippen molar-refractivity contribution in [2.45, 2.75) is 19.6 Å². The van der Waals surface area contributed by atoms with Gasteiger partial charge >= 0.3 is 0 Å². The zero-order valence-electron chi connectivity index (χ0n) is 6.31. The summed E-state index contributed by atoms with van der Waals surface area (Å²) in [5, 5.41) is 8.01. The summed E-state index contributed by atoms with van der Waals surface area (Å²) in [6, 6.07) is 0. The van der Waals surface area contributed by atoms with Gasteiger partial charge < -0.3 is 10.6 Å². The molecule has 0 aromatic rings. The molecule has 1 rings (SSSR count). The van der Waals surface area contributed by atoms with Crippen molar-refractivity contribution in [3.8, 4) is 0 Å². The number of carbonyl (C=O) groups excluding carboxylic acids is 2. The third-order valence-electron chi connectivity index (χ3n) is 1.35. The Morgan fingerprint density at radius 1 is 1.73 bits per heavy atom. The van der Waals surface area contributed by atoms with E-state index in [1.165, 1.54) is 6.92 Å². The Balaban J connectivity index is 2.34. The first-order valence-corrected chi connectivity index (χ1v) is 3.48. The molecular formula is C6H11N3O2. The van der Waals surface area contributed by atoms with Crippen LogP contribution in [0, 0.1) is 0 Å². The number of nitrogens with one attached hydrogen (secondary N) is 3. The lowest BCUT2D eigenvalue weighted by Crippen LogP contribution is -2.60. The van der Waals surface area contributed by atoms with Gasteiger partial charge in [-0.3, -0.25) is 14.9 Å². The fourth-order valence-corrected chi connectivity index (χ4v) is 0.905. The molecule has 62 valence electrons. The molecule has 11 heavy (non-hydrogen) atoms. The van der Waals surface area contributed by atoms with Crippen LogP contribution in [0.15, 0.2) is 0 Å². The maximum atomic E-state index is 10.8. The summed E-state index contributed by atoms with van der Waals surface area (Å²) in [4.78, 5) is 21.3. The van der Waals surface area contributed by atoms with E-state index in [0.29, 0.717) is 13.0 Å². The van der Waals surface area contributed by atoms with Crippen molar-refractivity contribution in [2.75, 3.05) is 6.54 Å². The van der Waals surface area contributed by atoms with E-state index in [-0.39, 0.29) is 11.8 Å². The summed E-state index contributed by atoms with van der Waals surface area (Å²) in [6.07, 6.45) is 0.0737. The van der Waals surface area contributed by atoms with E-state index >= 15 is 0 Å². The molecule has 5 heteroatoms. The van der Waals surface area contributed by atoms with E-state index in [9.17, 15) is 9.59 Å². The zero-order chi connectivity index (χ0) is 8.27. The van der Waals surface area contributed by atoms with Crippen LogP contribution in [-0.2, 0) is 9.59 Å². The maximum absolute atomic E-state index is 10.8. The first-order valence-electron chi connectivity index (χ1n) is 3.48. The average molecular weight is 157 g/mol. The van der Waals surface area contributed by atoms with E-state index < -0.39 is 6.29 Å². The molecule has 1 unspecified atom stereocenters. The third kappa shape index (κ3) is 2.55. The minimum atomic E-state index is -0.395. The van der Waals surface area contributed by atoms with Gasteiger partial charge in [-0.25, -0.2) is 0 Å². The Morgan fingerprint density at radius 2 is 2.45 bits per heavy atom. The maximum Gasteiger partial charge on any atom is 0.223 e. The summed E-state index contributed by atoms with van der Waals surface area (Å²) in [5.74, 6) is -0.202. The van der Waals surface area contributed by atoms with E-state index in [0.717, 1.165) is 0 Å². The van der Waals surface area contributed by atoms with Crippen LogP contribution in [-0.4, -0.2) is 24.6 Å². The lowest BCUT2D eigenvalue weighted by atomic mass is 10.3. The molecule has 0 aliphatic carbocycles. The second kappa shape index (κ2) is 3.34. The van der Waals surface area contributed by atoms with Crippen LogP contribution in [0.5, 0.6) is 0 Å². The van der Waals surface area contributed by atoms with E-state index in [4.69, 9.17) is 0 Å². The highest BCUT2D eigenvalue weighted by Gasteiger charge is 2.16. The van der Waals surface area contributed by atoms with Gasteiger partial charge in [-0.1, -0.05) is 0 Å². The number of carbonyl (C=O) groups is 2. The molecule has 0 aromatic carbocycles. The van der Waals surface area contributed by atoms with Gasteiger partial charge in [-0.15, -0.1) is 0 Å². The minimum absolute atomic E-state index is 0.0394. The van der Waals surface area contributed by atoms with Crippen LogP contribution in [0.2, 0.25) is 0 Å². The Bertz CT molecular complexity index is 179. The highest BCUT2D eigenvalue weighted by molar-refractivity contribution is 5.78. The number of hydrogen-bond donors (Lipinski definition) is 3. The molecule has 2 amide bonds. The highest BCUT2D eigenvalue weighted by Crippen LogP contribution is 1.86. The molecule has 1 aliphatic rings. The van der Waals surface area contributed by atoms with Crippen molar-refractivity contribution in [1.29, 1.82) is 0 Å². The molecule has 1 saturated heterocycles. The standard InChI is InChI=1S/C6H11N3O2/c1-4(10)8-6-7-3-2-5(11)9-6/h6-7H,2-3H2,1H3,(H,8,10)(H,9,11). The van der Waals surface area contributed by atoms with Crippen LogP contribution >= 0.6 is 0 Å². The van der Waals surface area contributed by atoms with Crippen LogP contribution in [0.25, 0.3) is 0 Å². The van der Waals surface area contributed by atoms with Crippen molar-refractivity contribution in [1.82, 2.24) is 16.0 Å². The quantitative estimate of drug-likeness (QED) is 0.434. The van der Waals surface area contributed by atoms with Crippen molar-refractivity contribution in [2.24, 2.45) is 0 Å². The van der Waals surface area contributed by atoms with E-state index in [2.05, 4.69) is 16.0 Å². The second-order valence-corrected chi connectivity index (χ2v) is 2.41.